The van der Waals surface area contributed by atoms with Crippen molar-refractivity contribution in [3.05, 3.63) is 82.0 Å². The lowest BCUT2D eigenvalue weighted by Crippen LogP contribution is -2.22. The maximum absolute atomic E-state index is 11.0. The molecule has 5 rings (SSSR count). The molecule has 0 saturated heterocycles. The maximum Gasteiger partial charge on any atom is 0.160 e. The molecular weight excluding hydrogens is 475 g/mol. The molecule has 172 valence electrons. The molecule has 0 spiro atoms. The van der Waals surface area contributed by atoms with Crippen LogP contribution in [-0.4, -0.2) is 12.8 Å². The zero-order valence-corrected chi connectivity index (χ0v) is 21.6. The van der Waals surface area contributed by atoms with Gasteiger partial charge in [-0.05, 0) is 66.6 Å². The lowest BCUT2D eigenvalue weighted by Gasteiger charge is -2.33. The van der Waals surface area contributed by atoms with Crippen LogP contribution in [0.1, 0.15) is 52.7 Å². The van der Waals surface area contributed by atoms with E-state index in [9.17, 15) is 4.79 Å². The van der Waals surface area contributed by atoms with Crippen LogP contribution in [0.25, 0.3) is 21.9 Å². The number of rotatable bonds is 9. The fraction of sp³-hybridized carbons (Fsp3) is 0.207. The molecule has 0 N–H and O–H groups in total. The van der Waals surface area contributed by atoms with E-state index in [-0.39, 0.29) is 0 Å². The van der Waals surface area contributed by atoms with Gasteiger partial charge in [-0.2, -0.15) is 0 Å². The van der Waals surface area contributed by atoms with Crippen LogP contribution in [-0.2, 0) is 0 Å². The highest BCUT2D eigenvalue weighted by atomic mass is 32.2. The minimum atomic E-state index is 0.771. The fourth-order valence-corrected chi connectivity index (χ4v) is 7.16. The standard InChI is InChI=1S/C29H27NOS3/c1-2-3-4-7-18-30-24-8-5-6-9-26(24)34-29-19-21(11-15-25(29)30)10-12-22-13-16-27(32-22)28-17-14-23(20-31)33-28/h5-6,8-17,19-20H,2-4,7,18H2,1H3. The van der Waals surface area contributed by atoms with E-state index < -0.39 is 0 Å². The van der Waals surface area contributed by atoms with Crippen LogP contribution in [0.15, 0.2) is 76.5 Å². The lowest BCUT2D eigenvalue weighted by molar-refractivity contribution is 0.112. The second-order valence-electron chi connectivity index (χ2n) is 8.36. The number of carbonyl (C=O) groups excluding carboxylic acids is 1. The van der Waals surface area contributed by atoms with Gasteiger partial charge < -0.3 is 4.90 Å². The molecule has 0 unspecified atom stereocenters. The first-order chi connectivity index (χ1) is 16.7. The van der Waals surface area contributed by atoms with Crippen LogP contribution in [0.5, 0.6) is 0 Å². The summed E-state index contributed by atoms with van der Waals surface area (Å²) < 4.78 is 0. The third-order valence-electron chi connectivity index (χ3n) is 5.94. The molecule has 1 aliphatic heterocycles. The second kappa shape index (κ2) is 10.8. The number of thiophene rings is 2. The van der Waals surface area contributed by atoms with E-state index in [4.69, 9.17) is 0 Å². The van der Waals surface area contributed by atoms with E-state index in [1.807, 2.05) is 23.9 Å². The summed E-state index contributed by atoms with van der Waals surface area (Å²) in [5.74, 6) is 0. The summed E-state index contributed by atoms with van der Waals surface area (Å²) in [6, 6.07) is 23.8. The van der Waals surface area contributed by atoms with Crippen LogP contribution in [0.2, 0.25) is 0 Å². The first kappa shape index (κ1) is 23.2. The van der Waals surface area contributed by atoms with Crippen LogP contribution in [0, 0.1) is 0 Å². The third-order valence-corrected chi connectivity index (χ3v) is 9.31. The Bertz CT molecular complexity index is 1320. The Kier molecular flexibility index (Phi) is 7.33. The van der Waals surface area contributed by atoms with Crippen LogP contribution < -0.4 is 4.90 Å². The predicted molar refractivity (Wildman–Crippen MR) is 150 cm³/mol. The van der Waals surface area contributed by atoms with Crippen molar-refractivity contribution in [2.45, 2.75) is 42.4 Å². The molecule has 0 aliphatic carbocycles. The Hall–Kier alpha value is -2.60. The number of hydrogen-bond acceptors (Lipinski definition) is 5. The summed E-state index contributed by atoms with van der Waals surface area (Å²) >= 11 is 5.17. The van der Waals surface area contributed by atoms with Gasteiger partial charge in [0.05, 0.1) is 16.3 Å². The Morgan fingerprint density at radius 1 is 0.765 bits per heavy atom. The van der Waals surface area contributed by atoms with Gasteiger partial charge in [0.25, 0.3) is 0 Å². The van der Waals surface area contributed by atoms with E-state index in [2.05, 4.69) is 78.6 Å². The third kappa shape index (κ3) is 5.07. The van der Waals surface area contributed by atoms with Crippen molar-refractivity contribution in [1.82, 2.24) is 0 Å². The van der Waals surface area contributed by atoms with Gasteiger partial charge in [0.15, 0.2) is 6.29 Å². The van der Waals surface area contributed by atoms with E-state index in [1.165, 1.54) is 62.2 Å². The van der Waals surface area contributed by atoms with Crippen LogP contribution >= 0.6 is 34.4 Å². The minimum Gasteiger partial charge on any atom is -0.340 e. The number of unbranched alkanes of at least 4 members (excludes halogenated alkanes) is 3. The largest absolute Gasteiger partial charge is 0.340 e. The number of nitrogens with zero attached hydrogens (tertiary/aromatic N) is 1. The molecule has 0 radical (unpaired) electrons. The van der Waals surface area contributed by atoms with Crippen molar-refractivity contribution in [2.24, 2.45) is 0 Å². The quantitative estimate of drug-likeness (QED) is 0.168. The van der Waals surface area contributed by atoms with Gasteiger partial charge in [0, 0.05) is 31.0 Å². The Morgan fingerprint density at radius 3 is 2.32 bits per heavy atom. The van der Waals surface area contributed by atoms with Gasteiger partial charge in [0.1, 0.15) is 0 Å². The number of anilines is 2. The average molecular weight is 502 g/mol. The molecule has 3 heterocycles. The number of fused-ring (bicyclic) bond motifs is 2. The average Bonchev–Trinajstić information content (AvgIpc) is 3.54. The highest BCUT2D eigenvalue weighted by molar-refractivity contribution is 7.99. The summed E-state index contributed by atoms with van der Waals surface area (Å²) in [4.78, 5) is 20.5. The topological polar surface area (TPSA) is 20.3 Å². The molecule has 4 aromatic rings. The highest BCUT2D eigenvalue weighted by Crippen LogP contribution is 2.48. The molecule has 0 saturated carbocycles. The van der Waals surface area contributed by atoms with Crippen molar-refractivity contribution >= 4 is 64.2 Å². The zero-order chi connectivity index (χ0) is 23.3. The summed E-state index contributed by atoms with van der Waals surface area (Å²) in [5.41, 5.74) is 3.86. The van der Waals surface area contributed by atoms with Crippen molar-refractivity contribution < 1.29 is 4.79 Å². The summed E-state index contributed by atoms with van der Waals surface area (Å²) in [7, 11) is 0. The smallest absolute Gasteiger partial charge is 0.160 e. The molecule has 0 bridgehead atoms. The molecule has 2 aromatic carbocycles. The first-order valence-electron chi connectivity index (χ1n) is 11.8. The predicted octanol–water partition coefficient (Wildman–Crippen LogP) is 9.64. The number of para-hydroxylation sites is 1. The van der Waals surface area contributed by atoms with E-state index in [1.54, 1.807) is 22.7 Å². The molecule has 0 fully saturated rings. The molecule has 0 amide bonds. The fourth-order valence-electron chi connectivity index (χ4n) is 4.19. The molecule has 5 heteroatoms. The number of benzene rings is 2. The van der Waals surface area contributed by atoms with Gasteiger partial charge in [-0.25, -0.2) is 0 Å². The Balaban J connectivity index is 1.35. The van der Waals surface area contributed by atoms with Crippen LogP contribution in [0.3, 0.4) is 0 Å². The normalized spacial score (nSPS) is 12.7. The van der Waals surface area contributed by atoms with E-state index in [0.717, 1.165) is 22.6 Å². The van der Waals surface area contributed by atoms with E-state index >= 15 is 0 Å². The molecule has 0 atom stereocenters. The van der Waals surface area contributed by atoms with Gasteiger partial charge in [-0.1, -0.05) is 62.2 Å². The van der Waals surface area contributed by atoms with Gasteiger partial charge >= 0.3 is 0 Å². The Morgan fingerprint density at radius 2 is 1.53 bits per heavy atom. The molecular formula is C29H27NOS3. The highest BCUT2D eigenvalue weighted by Gasteiger charge is 2.22. The van der Waals surface area contributed by atoms with Crippen LogP contribution in [0.4, 0.5) is 11.4 Å². The van der Waals surface area contributed by atoms with Crippen molar-refractivity contribution in [3.63, 3.8) is 0 Å². The number of carbonyl (C=O) groups is 1. The minimum absolute atomic E-state index is 0.771. The lowest BCUT2D eigenvalue weighted by atomic mass is 10.1. The number of hydrogen-bond donors (Lipinski definition) is 0. The Labute approximate surface area is 214 Å². The monoisotopic (exact) mass is 501 g/mol. The summed E-state index contributed by atoms with van der Waals surface area (Å²) in [5, 5.41) is 0. The zero-order valence-electron chi connectivity index (χ0n) is 19.2. The van der Waals surface area contributed by atoms with Crippen molar-refractivity contribution in [3.8, 4) is 9.75 Å². The van der Waals surface area contributed by atoms with E-state index in [0.29, 0.717) is 0 Å². The molecule has 2 aromatic heterocycles. The molecule has 1 aliphatic rings. The SMILES string of the molecule is CCCCCCN1c2ccccc2Sc2cc(C=Cc3ccc(-c4ccc(C=O)s4)s3)ccc21. The summed E-state index contributed by atoms with van der Waals surface area (Å²) in [6.07, 6.45) is 10.4. The number of aldehydes is 1. The van der Waals surface area contributed by atoms with Gasteiger partial charge in [-0.15, -0.1) is 22.7 Å². The molecule has 34 heavy (non-hydrogen) atoms. The second-order valence-corrected chi connectivity index (χ2v) is 11.7. The van der Waals surface area contributed by atoms with Gasteiger partial charge in [0.2, 0.25) is 0 Å². The summed E-state index contributed by atoms with van der Waals surface area (Å²) in [6.45, 7) is 3.33. The van der Waals surface area contributed by atoms with Crippen molar-refractivity contribution in [2.75, 3.05) is 11.4 Å². The van der Waals surface area contributed by atoms with Gasteiger partial charge in [-0.3, -0.25) is 4.79 Å². The molecule has 2 nitrogen and oxygen atoms in total. The first-order valence-corrected chi connectivity index (χ1v) is 14.2. The maximum atomic E-state index is 11.0. The van der Waals surface area contributed by atoms with Crippen molar-refractivity contribution in [1.29, 1.82) is 0 Å².